The van der Waals surface area contributed by atoms with E-state index in [2.05, 4.69) is 30.4 Å². The fourth-order valence-corrected chi connectivity index (χ4v) is 3.14. The first-order valence-electron chi connectivity index (χ1n) is 7.94. The number of fused-ring (bicyclic) bond motifs is 2. The molecule has 0 aliphatic rings. The first kappa shape index (κ1) is 19.0. The number of H-pyrrole nitrogens is 1. The largest absolute Gasteiger partial charge is 0.421 e. The summed E-state index contributed by atoms with van der Waals surface area (Å²) in [7, 11) is -4.01. The van der Waals surface area contributed by atoms with Gasteiger partial charge < -0.3 is 10.3 Å². The maximum Gasteiger partial charge on any atom is 0.421 e. The Morgan fingerprint density at radius 3 is 2.62 bits per heavy atom. The van der Waals surface area contributed by atoms with Crippen molar-refractivity contribution in [2.45, 2.75) is 17.9 Å². The molecule has 4 rings (SSSR count). The minimum absolute atomic E-state index is 0.0902. The van der Waals surface area contributed by atoms with E-state index < -0.39 is 38.2 Å². The van der Waals surface area contributed by atoms with Crippen molar-refractivity contribution in [3.8, 4) is 0 Å². The summed E-state index contributed by atoms with van der Waals surface area (Å²) in [4.78, 5) is 14.2. The van der Waals surface area contributed by atoms with Crippen molar-refractivity contribution in [1.82, 2.24) is 29.5 Å². The molecular weight excluding hydrogens is 418 g/mol. The average molecular weight is 429 g/mol. The second-order valence-corrected chi connectivity index (χ2v) is 7.98. The Kier molecular flexibility index (Phi) is 4.18. The topological polar surface area (TPSA) is 118 Å². The number of para-hydroxylation sites is 1. The lowest BCUT2D eigenvalue weighted by atomic mass is 10.3. The molecule has 0 saturated carbocycles. The van der Waals surface area contributed by atoms with Gasteiger partial charge >= 0.3 is 6.18 Å². The SMILES string of the molecule is CS(=O)(=O)c1nc(NCc2nc3c(F)cccc3[nH]2)n2ncc(C(F)(F)F)c2n1. The Labute approximate surface area is 159 Å². The van der Waals surface area contributed by atoms with Gasteiger partial charge in [0.2, 0.25) is 15.8 Å². The van der Waals surface area contributed by atoms with Crippen molar-refractivity contribution < 1.29 is 26.0 Å². The number of halogens is 4. The number of nitrogens with one attached hydrogen (secondary N) is 2. The van der Waals surface area contributed by atoms with Gasteiger partial charge in [-0.05, 0) is 12.1 Å². The van der Waals surface area contributed by atoms with E-state index >= 15 is 0 Å². The molecule has 152 valence electrons. The van der Waals surface area contributed by atoms with Gasteiger partial charge in [-0.2, -0.15) is 32.8 Å². The van der Waals surface area contributed by atoms with Crippen molar-refractivity contribution in [1.29, 1.82) is 0 Å². The lowest BCUT2D eigenvalue weighted by molar-refractivity contribution is -0.136. The van der Waals surface area contributed by atoms with Crippen molar-refractivity contribution >= 4 is 32.5 Å². The Balaban J connectivity index is 1.77. The van der Waals surface area contributed by atoms with Crippen molar-refractivity contribution in [3.05, 3.63) is 41.6 Å². The lowest BCUT2D eigenvalue weighted by Gasteiger charge is -2.09. The summed E-state index contributed by atoms with van der Waals surface area (Å²) < 4.78 is 77.7. The number of imidazole rings is 1. The molecule has 0 bridgehead atoms. The minimum Gasteiger partial charge on any atom is -0.347 e. The van der Waals surface area contributed by atoms with E-state index in [-0.39, 0.29) is 23.8 Å². The summed E-state index contributed by atoms with van der Waals surface area (Å²) in [6.07, 6.45) is -3.50. The Morgan fingerprint density at radius 2 is 1.97 bits per heavy atom. The van der Waals surface area contributed by atoms with Gasteiger partial charge in [0.15, 0.2) is 11.5 Å². The molecule has 1 aromatic carbocycles. The summed E-state index contributed by atoms with van der Waals surface area (Å²) >= 11 is 0. The average Bonchev–Trinajstić information content (AvgIpc) is 3.23. The molecule has 3 heterocycles. The Morgan fingerprint density at radius 1 is 1.21 bits per heavy atom. The van der Waals surface area contributed by atoms with Crippen molar-refractivity contribution in [3.63, 3.8) is 0 Å². The molecule has 0 radical (unpaired) electrons. The number of rotatable bonds is 4. The lowest BCUT2D eigenvalue weighted by Crippen LogP contribution is -2.15. The minimum atomic E-state index is -4.79. The van der Waals surface area contributed by atoms with Crippen LogP contribution >= 0.6 is 0 Å². The Hall–Kier alpha value is -3.29. The van der Waals surface area contributed by atoms with E-state index in [1.54, 1.807) is 6.07 Å². The van der Waals surface area contributed by atoms with Crippen LogP contribution in [-0.4, -0.2) is 44.2 Å². The predicted molar refractivity (Wildman–Crippen MR) is 92.3 cm³/mol. The third kappa shape index (κ3) is 3.46. The van der Waals surface area contributed by atoms with Crippen molar-refractivity contribution in [2.75, 3.05) is 11.6 Å². The van der Waals surface area contributed by atoms with Gasteiger partial charge in [-0.25, -0.2) is 17.8 Å². The van der Waals surface area contributed by atoms with Crippen LogP contribution in [0.25, 0.3) is 16.7 Å². The van der Waals surface area contributed by atoms with E-state index in [9.17, 15) is 26.0 Å². The molecule has 0 saturated heterocycles. The zero-order valence-corrected chi connectivity index (χ0v) is 15.3. The third-order valence-electron chi connectivity index (χ3n) is 3.91. The molecule has 0 amide bonds. The van der Waals surface area contributed by atoms with Crippen LogP contribution in [0.4, 0.5) is 23.5 Å². The van der Waals surface area contributed by atoms with Crippen LogP contribution in [0.3, 0.4) is 0 Å². The fourth-order valence-electron chi connectivity index (χ4n) is 2.63. The molecule has 0 aliphatic carbocycles. The highest BCUT2D eigenvalue weighted by Crippen LogP contribution is 2.32. The molecule has 9 nitrogen and oxygen atoms in total. The van der Waals surface area contributed by atoms with Crippen LogP contribution in [0.2, 0.25) is 0 Å². The Bertz CT molecular complexity index is 1340. The summed E-state index contributed by atoms with van der Waals surface area (Å²) in [6.45, 7) is -0.120. The van der Waals surface area contributed by atoms with E-state index in [4.69, 9.17) is 0 Å². The standard InChI is InChI=1S/C15H11F4N7O2S/c1-29(27,28)14-24-12-7(15(17,18)19)5-21-26(12)13(25-14)20-6-10-22-9-4-2-3-8(16)11(9)23-10/h2-5H,6H2,1H3,(H,22,23)(H,20,24,25). The highest BCUT2D eigenvalue weighted by molar-refractivity contribution is 7.90. The van der Waals surface area contributed by atoms with Crippen LogP contribution in [0.5, 0.6) is 0 Å². The summed E-state index contributed by atoms with van der Waals surface area (Å²) in [5, 5.41) is 5.47. The molecule has 14 heteroatoms. The van der Waals surface area contributed by atoms with Crippen LogP contribution in [0.1, 0.15) is 11.4 Å². The maximum absolute atomic E-state index is 13.8. The van der Waals surface area contributed by atoms with Crippen LogP contribution in [0, 0.1) is 5.82 Å². The smallest absolute Gasteiger partial charge is 0.347 e. The molecule has 0 spiro atoms. The monoisotopic (exact) mass is 429 g/mol. The maximum atomic E-state index is 13.8. The first-order valence-corrected chi connectivity index (χ1v) is 9.83. The number of alkyl halides is 3. The van der Waals surface area contributed by atoms with E-state index in [1.165, 1.54) is 12.1 Å². The van der Waals surface area contributed by atoms with Crippen LogP contribution < -0.4 is 5.32 Å². The van der Waals surface area contributed by atoms with Crippen LogP contribution in [0.15, 0.2) is 29.6 Å². The molecule has 3 aromatic heterocycles. The van der Waals surface area contributed by atoms with E-state index in [1.807, 2.05) is 0 Å². The summed E-state index contributed by atoms with van der Waals surface area (Å²) in [5.41, 5.74) is -1.41. The number of aromatic amines is 1. The first-order chi connectivity index (χ1) is 13.5. The molecule has 0 fully saturated rings. The molecule has 0 unspecified atom stereocenters. The number of aromatic nitrogens is 6. The van der Waals surface area contributed by atoms with Gasteiger partial charge in [0, 0.05) is 6.26 Å². The summed E-state index contributed by atoms with van der Waals surface area (Å²) in [6, 6.07) is 4.32. The van der Waals surface area contributed by atoms with E-state index in [0.717, 1.165) is 10.8 Å². The molecule has 29 heavy (non-hydrogen) atoms. The zero-order chi connectivity index (χ0) is 21.0. The van der Waals surface area contributed by atoms with Crippen LogP contribution in [-0.2, 0) is 22.6 Å². The fraction of sp³-hybridized carbons (Fsp3) is 0.200. The van der Waals surface area contributed by atoms with Crippen molar-refractivity contribution in [2.24, 2.45) is 0 Å². The second kappa shape index (κ2) is 6.37. The predicted octanol–water partition coefficient (Wildman–Crippen LogP) is 2.17. The molecule has 0 atom stereocenters. The normalized spacial score (nSPS) is 12.7. The molecular formula is C15H11F4N7O2S. The quantitative estimate of drug-likeness (QED) is 0.478. The highest BCUT2D eigenvalue weighted by Gasteiger charge is 2.36. The van der Waals surface area contributed by atoms with Gasteiger partial charge in [0.05, 0.1) is 18.3 Å². The number of benzene rings is 1. The van der Waals surface area contributed by atoms with Gasteiger partial charge in [-0.1, -0.05) is 6.07 Å². The van der Waals surface area contributed by atoms with Gasteiger partial charge in [0.25, 0.3) is 5.16 Å². The highest BCUT2D eigenvalue weighted by atomic mass is 32.2. The number of hydrogen-bond donors (Lipinski definition) is 2. The molecule has 0 aliphatic heterocycles. The number of sulfone groups is 1. The van der Waals surface area contributed by atoms with Gasteiger partial charge in [-0.3, -0.25) is 0 Å². The molecule has 2 N–H and O–H groups in total. The van der Waals surface area contributed by atoms with Gasteiger partial charge in [0.1, 0.15) is 16.9 Å². The van der Waals surface area contributed by atoms with Gasteiger partial charge in [-0.15, -0.1) is 0 Å². The number of anilines is 1. The molecule has 4 aromatic rings. The summed E-state index contributed by atoms with van der Waals surface area (Å²) in [5.74, 6) is -0.594. The zero-order valence-electron chi connectivity index (χ0n) is 14.5. The third-order valence-corrected chi connectivity index (χ3v) is 4.76. The second-order valence-electron chi connectivity index (χ2n) is 6.07. The number of nitrogens with zero attached hydrogens (tertiary/aromatic N) is 5. The number of hydrogen-bond acceptors (Lipinski definition) is 7. The van der Waals surface area contributed by atoms with E-state index in [0.29, 0.717) is 11.7 Å².